The molecule has 0 unspecified atom stereocenters. The number of allylic oxidation sites excluding steroid dienone is 1. The van der Waals surface area contributed by atoms with Gasteiger partial charge in [-0.3, -0.25) is 4.79 Å². The van der Waals surface area contributed by atoms with Crippen LogP contribution in [-0.4, -0.2) is 17.8 Å². The second kappa shape index (κ2) is 2.92. The van der Waals surface area contributed by atoms with Crippen LogP contribution in [0.15, 0.2) is 32.9 Å². The molecule has 2 heterocycles. The summed E-state index contributed by atoms with van der Waals surface area (Å²) in [5.41, 5.74) is 0.619. The predicted molar refractivity (Wildman–Crippen MR) is 52.1 cm³/mol. The molecule has 0 aromatic carbocycles. The molecule has 4 heteroatoms. The zero-order chi connectivity index (χ0) is 9.42. The van der Waals surface area contributed by atoms with Gasteiger partial charge in [0.2, 0.25) is 0 Å². The Morgan fingerprint density at radius 1 is 1.62 bits per heavy atom. The molecule has 0 spiro atoms. The van der Waals surface area contributed by atoms with Gasteiger partial charge in [-0.05, 0) is 13.0 Å². The lowest BCUT2D eigenvalue weighted by molar-refractivity contribution is -0.113. The number of carbonyl (C=O) groups excluding carboxylic acids is 1. The first-order chi connectivity index (χ1) is 6.20. The number of halogens is 1. The Morgan fingerprint density at radius 2 is 2.38 bits per heavy atom. The predicted octanol–water partition coefficient (Wildman–Crippen LogP) is 1.69. The van der Waals surface area contributed by atoms with Gasteiger partial charge < -0.3 is 0 Å². The third-order valence-electron chi connectivity index (χ3n) is 2.03. The normalized spacial score (nSPS) is 24.8. The highest BCUT2D eigenvalue weighted by molar-refractivity contribution is 6.35. The smallest absolute Gasteiger partial charge is 0.158 e. The van der Waals surface area contributed by atoms with Crippen molar-refractivity contribution < 1.29 is 4.79 Å². The van der Waals surface area contributed by atoms with Gasteiger partial charge in [0, 0.05) is 23.0 Å². The van der Waals surface area contributed by atoms with Crippen LogP contribution in [0, 0.1) is 5.92 Å². The van der Waals surface area contributed by atoms with Gasteiger partial charge in [-0.1, -0.05) is 11.6 Å². The van der Waals surface area contributed by atoms with E-state index in [-0.39, 0.29) is 11.7 Å². The third-order valence-corrected chi connectivity index (χ3v) is 2.37. The van der Waals surface area contributed by atoms with E-state index in [9.17, 15) is 4.79 Å². The molecule has 0 amide bonds. The number of rotatable bonds is 1. The minimum atomic E-state index is -0.218. The van der Waals surface area contributed by atoms with Crippen molar-refractivity contribution in [2.24, 2.45) is 15.9 Å². The maximum absolute atomic E-state index is 11.2. The SMILES string of the molecule is CC(=O)C1=CN=C2N=CC=C(Cl)[C@H]12. The Bertz CT molecular complexity index is 390. The van der Waals surface area contributed by atoms with Gasteiger partial charge in [-0.15, -0.1) is 0 Å². The van der Waals surface area contributed by atoms with Gasteiger partial charge in [0.15, 0.2) is 5.78 Å². The number of Topliss-reactive ketones (excluding diaryl/α,β-unsaturated/α-hetero) is 1. The van der Waals surface area contributed by atoms with Crippen molar-refractivity contribution in [2.45, 2.75) is 6.92 Å². The Labute approximate surface area is 80.5 Å². The fourth-order valence-electron chi connectivity index (χ4n) is 1.38. The second-order valence-corrected chi connectivity index (χ2v) is 3.33. The standard InChI is InChI=1S/C9H7ClN2O/c1-5(13)6-4-12-9-8(6)7(10)2-3-11-9/h2-4,8H,1H3/t8-/m0/s1. The van der Waals surface area contributed by atoms with E-state index in [2.05, 4.69) is 9.98 Å². The van der Waals surface area contributed by atoms with Crippen LogP contribution >= 0.6 is 11.6 Å². The highest BCUT2D eigenvalue weighted by Gasteiger charge is 2.31. The van der Waals surface area contributed by atoms with Crippen molar-refractivity contribution in [2.75, 3.05) is 0 Å². The average molecular weight is 195 g/mol. The van der Waals surface area contributed by atoms with Crippen LogP contribution in [0.2, 0.25) is 0 Å². The molecule has 0 N–H and O–H groups in total. The lowest BCUT2D eigenvalue weighted by Crippen LogP contribution is -2.18. The van der Waals surface area contributed by atoms with Crippen molar-refractivity contribution in [1.29, 1.82) is 0 Å². The molecule has 0 saturated heterocycles. The first-order valence-electron chi connectivity index (χ1n) is 3.88. The van der Waals surface area contributed by atoms with E-state index in [4.69, 9.17) is 11.6 Å². The monoisotopic (exact) mass is 194 g/mol. The zero-order valence-corrected chi connectivity index (χ0v) is 7.75. The molecule has 2 aliphatic rings. The molecule has 66 valence electrons. The van der Waals surface area contributed by atoms with Crippen LogP contribution in [0.4, 0.5) is 0 Å². The van der Waals surface area contributed by atoms with Crippen LogP contribution in [0.25, 0.3) is 0 Å². The number of hydrogen-bond donors (Lipinski definition) is 0. The molecule has 1 atom stereocenters. The number of nitrogens with zero attached hydrogens (tertiary/aromatic N) is 2. The highest BCUT2D eigenvalue weighted by Crippen LogP contribution is 2.32. The van der Waals surface area contributed by atoms with Crippen LogP contribution in [-0.2, 0) is 4.79 Å². The molecule has 0 fully saturated rings. The molecule has 3 nitrogen and oxygen atoms in total. The summed E-state index contributed by atoms with van der Waals surface area (Å²) in [6, 6.07) is 0. The van der Waals surface area contributed by atoms with Crippen LogP contribution in [0.5, 0.6) is 0 Å². The number of hydrogen-bond acceptors (Lipinski definition) is 3. The van der Waals surface area contributed by atoms with Gasteiger partial charge in [-0.25, -0.2) is 9.98 Å². The number of ketones is 1. The fourth-order valence-corrected chi connectivity index (χ4v) is 1.65. The summed E-state index contributed by atoms with van der Waals surface area (Å²) in [5.74, 6) is 0.384. The number of carbonyl (C=O) groups is 1. The quantitative estimate of drug-likeness (QED) is 0.627. The third kappa shape index (κ3) is 1.25. The van der Waals surface area contributed by atoms with E-state index < -0.39 is 0 Å². The molecule has 2 rings (SSSR count). The van der Waals surface area contributed by atoms with E-state index in [1.807, 2.05) is 0 Å². The number of amidine groups is 1. The topological polar surface area (TPSA) is 41.8 Å². The van der Waals surface area contributed by atoms with Crippen LogP contribution < -0.4 is 0 Å². The number of aliphatic imine (C=N–C) groups is 2. The molecule has 0 aromatic heterocycles. The molecule has 0 aromatic rings. The number of fused-ring (bicyclic) bond motifs is 1. The Morgan fingerprint density at radius 3 is 3.08 bits per heavy atom. The molecule has 0 saturated carbocycles. The Balaban J connectivity index is 2.40. The summed E-state index contributed by atoms with van der Waals surface area (Å²) < 4.78 is 0. The molecular weight excluding hydrogens is 188 g/mol. The van der Waals surface area contributed by atoms with Gasteiger partial charge >= 0.3 is 0 Å². The van der Waals surface area contributed by atoms with Gasteiger partial charge in [0.05, 0.1) is 5.92 Å². The largest absolute Gasteiger partial charge is 0.295 e. The van der Waals surface area contributed by atoms with Crippen molar-refractivity contribution in [3.63, 3.8) is 0 Å². The summed E-state index contributed by atoms with van der Waals surface area (Å²) in [5, 5.41) is 0.604. The summed E-state index contributed by atoms with van der Waals surface area (Å²) in [7, 11) is 0. The number of dihydropyridines is 1. The minimum absolute atomic E-state index is 0.00704. The molecular formula is C9H7ClN2O. The molecule has 0 bridgehead atoms. The first-order valence-corrected chi connectivity index (χ1v) is 4.26. The zero-order valence-electron chi connectivity index (χ0n) is 6.99. The van der Waals surface area contributed by atoms with Crippen LogP contribution in [0.3, 0.4) is 0 Å². The summed E-state index contributed by atoms with van der Waals surface area (Å²) in [6.07, 6.45) is 4.82. The van der Waals surface area contributed by atoms with Gasteiger partial charge in [0.1, 0.15) is 5.84 Å². The Kier molecular flexibility index (Phi) is 1.88. The van der Waals surface area contributed by atoms with Crippen LogP contribution in [0.1, 0.15) is 6.92 Å². The van der Waals surface area contributed by atoms with Crippen molar-refractivity contribution in [1.82, 2.24) is 0 Å². The first kappa shape index (κ1) is 8.38. The molecule has 13 heavy (non-hydrogen) atoms. The van der Waals surface area contributed by atoms with Gasteiger partial charge in [-0.2, -0.15) is 0 Å². The average Bonchev–Trinajstić information content (AvgIpc) is 2.49. The minimum Gasteiger partial charge on any atom is -0.295 e. The maximum atomic E-state index is 11.2. The van der Waals surface area contributed by atoms with Gasteiger partial charge in [0.25, 0.3) is 0 Å². The summed E-state index contributed by atoms with van der Waals surface area (Å²) in [6.45, 7) is 1.51. The molecule has 2 aliphatic heterocycles. The maximum Gasteiger partial charge on any atom is 0.158 e. The summed E-state index contributed by atoms with van der Waals surface area (Å²) >= 11 is 5.95. The Hall–Kier alpha value is -1.22. The highest BCUT2D eigenvalue weighted by atomic mass is 35.5. The second-order valence-electron chi connectivity index (χ2n) is 2.89. The summed E-state index contributed by atoms with van der Waals surface area (Å²) in [4.78, 5) is 19.2. The van der Waals surface area contributed by atoms with E-state index in [1.165, 1.54) is 6.92 Å². The molecule has 0 aliphatic carbocycles. The van der Waals surface area contributed by atoms with E-state index in [0.717, 1.165) is 0 Å². The van der Waals surface area contributed by atoms with E-state index >= 15 is 0 Å². The van der Waals surface area contributed by atoms with Crippen molar-refractivity contribution in [3.8, 4) is 0 Å². The van der Waals surface area contributed by atoms with Crippen molar-refractivity contribution >= 4 is 29.4 Å². The lowest BCUT2D eigenvalue weighted by Gasteiger charge is -2.14. The van der Waals surface area contributed by atoms with Crippen molar-refractivity contribution in [3.05, 3.63) is 22.9 Å². The van der Waals surface area contributed by atoms with E-state index in [0.29, 0.717) is 16.4 Å². The van der Waals surface area contributed by atoms with E-state index in [1.54, 1.807) is 18.5 Å². The lowest BCUT2D eigenvalue weighted by atomic mass is 9.96. The molecule has 0 radical (unpaired) electrons. The fraction of sp³-hybridized carbons (Fsp3) is 0.222.